The smallest absolute Gasteiger partial charge is 0.264 e. The summed E-state index contributed by atoms with van der Waals surface area (Å²) >= 11 is 5.97. The lowest BCUT2D eigenvalue weighted by Crippen LogP contribution is -2.45. The molecule has 190 valence electrons. The zero-order valence-corrected chi connectivity index (χ0v) is 22.2. The van der Waals surface area contributed by atoms with Crippen molar-refractivity contribution in [1.82, 2.24) is 5.32 Å². The van der Waals surface area contributed by atoms with Crippen LogP contribution < -0.4 is 19.1 Å². The van der Waals surface area contributed by atoms with E-state index < -0.39 is 21.5 Å². The Morgan fingerprint density at radius 1 is 1.14 bits per heavy atom. The van der Waals surface area contributed by atoms with Crippen molar-refractivity contribution in [3.05, 3.63) is 82.9 Å². The van der Waals surface area contributed by atoms with Crippen LogP contribution in [0.3, 0.4) is 0 Å². The van der Waals surface area contributed by atoms with Crippen molar-refractivity contribution in [2.45, 2.75) is 43.7 Å². The quantitative estimate of drug-likeness (QED) is 0.451. The predicted octanol–water partition coefficient (Wildman–Crippen LogP) is 5.27. The van der Waals surface area contributed by atoms with Crippen LogP contribution in [0.15, 0.2) is 71.6 Å². The molecule has 0 saturated heterocycles. The first-order valence-electron chi connectivity index (χ1n) is 11.5. The van der Waals surface area contributed by atoms with Gasteiger partial charge >= 0.3 is 0 Å². The van der Waals surface area contributed by atoms with Crippen LogP contribution in [0, 0.1) is 6.92 Å². The molecule has 0 saturated carbocycles. The number of ether oxygens (including phenoxy) is 2. The Labute approximate surface area is 217 Å². The number of benzene rings is 3. The molecular weight excluding hydrogens is 500 g/mol. The molecular formula is C27H29ClN2O5S. The maximum absolute atomic E-state index is 13.7. The molecule has 1 atom stereocenters. The topological polar surface area (TPSA) is 84.9 Å². The van der Waals surface area contributed by atoms with Gasteiger partial charge in [0.2, 0.25) is 5.91 Å². The number of hydrogen-bond donors (Lipinski definition) is 1. The number of para-hydroxylation sites is 1. The van der Waals surface area contributed by atoms with Crippen molar-refractivity contribution in [3.63, 3.8) is 0 Å². The number of methoxy groups -OCH3 is 1. The van der Waals surface area contributed by atoms with E-state index in [2.05, 4.69) is 5.32 Å². The first-order valence-corrected chi connectivity index (χ1v) is 13.3. The molecule has 1 amide bonds. The van der Waals surface area contributed by atoms with E-state index in [1.165, 1.54) is 24.3 Å². The molecule has 0 bridgehead atoms. The standard InChI is InChI=1S/C27H29ClN2O5S/c1-18-7-5-6-8-24(18)30(36(32,33)21-12-9-19(28)10-13-21)17-26(31)29-23-16-27(2,3)35-25-15-20(34-4)11-14-22(23)25/h5-15,23H,16-17H2,1-4H3,(H,29,31). The fourth-order valence-electron chi connectivity index (χ4n) is 4.33. The van der Waals surface area contributed by atoms with Crippen LogP contribution in [0.2, 0.25) is 5.02 Å². The van der Waals surface area contributed by atoms with Crippen LogP contribution in [0.5, 0.6) is 11.5 Å². The summed E-state index contributed by atoms with van der Waals surface area (Å²) in [4.78, 5) is 13.4. The lowest BCUT2D eigenvalue weighted by Gasteiger charge is -2.38. The third-order valence-corrected chi connectivity index (χ3v) is 8.11. The molecule has 7 nitrogen and oxygen atoms in total. The van der Waals surface area contributed by atoms with E-state index in [-0.39, 0.29) is 17.5 Å². The van der Waals surface area contributed by atoms with Gasteiger partial charge in [0, 0.05) is 23.1 Å². The summed E-state index contributed by atoms with van der Waals surface area (Å²) in [5.74, 6) is 0.844. The van der Waals surface area contributed by atoms with Gasteiger partial charge < -0.3 is 14.8 Å². The lowest BCUT2D eigenvalue weighted by molar-refractivity contribution is -0.120. The van der Waals surface area contributed by atoms with Gasteiger partial charge in [-0.15, -0.1) is 0 Å². The van der Waals surface area contributed by atoms with Crippen molar-refractivity contribution in [1.29, 1.82) is 0 Å². The number of sulfonamides is 1. The zero-order chi connectivity index (χ0) is 26.1. The van der Waals surface area contributed by atoms with Gasteiger partial charge in [0.15, 0.2) is 0 Å². The Hall–Kier alpha value is -3.23. The Morgan fingerprint density at radius 3 is 2.50 bits per heavy atom. The fourth-order valence-corrected chi connectivity index (χ4v) is 5.95. The summed E-state index contributed by atoms with van der Waals surface area (Å²) in [5.41, 5.74) is 1.43. The summed E-state index contributed by atoms with van der Waals surface area (Å²) < 4.78 is 39.9. The summed E-state index contributed by atoms with van der Waals surface area (Å²) in [5, 5.41) is 3.46. The predicted molar refractivity (Wildman–Crippen MR) is 140 cm³/mol. The second-order valence-electron chi connectivity index (χ2n) is 9.34. The molecule has 0 radical (unpaired) electrons. The van der Waals surface area contributed by atoms with E-state index in [1.54, 1.807) is 25.3 Å². The summed E-state index contributed by atoms with van der Waals surface area (Å²) in [6.45, 7) is 5.31. The van der Waals surface area contributed by atoms with Crippen LogP contribution in [-0.2, 0) is 14.8 Å². The van der Waals surface area contributed by atoms with Crippen LogP contribution >= 0.6 is 11.6 Å². The van der Waals surface area contributed by atoms with E-state index in [0.29, 0.717) is 28.6 Å². The molecule has 1 heterocycles. The summed E-state index contributed by atoms with van der Waals surface area (Å²) in [6.07, 6.45) is 0.520. The van der Waals surface area contributed by atoms with Gasteiger partial charge in [-0.1, -0.05) is 29.8 Å². The van der Waals surface area contributed by atoms with Gasteiger partial charge in [-0.3, -0.25) is 9.10 Å². The first-order chi connectivity index (χ1) is 17.0. The third-order valence-electron chi connectivity index (χ3n) is 6.09. The van der Waals surface area contributed by atoms with Crippen LogP contribution in [0.25, 0.3) is 0 Å². The lowest BCUT2D eigenvalue weighted by atomic mass is 9.89. The molecule has 3 aromatic rings. The SMILES string of the molecule is COc1ccc2c(c1)OC(C)(C)CC2NC(=O)CN(c1ccccc1C)S(=O)(=O)c1ccc(Cl)cc1. The number of hydrogen-bond acceptors (Lipinski definition) is 5. The largest absolute Gasteiger partial charge is 0.497 e. The average molecular weight is 529 g/mol. The second-order valence-corrected chi connectivity index (χ2v) is 11.6. The highest BCUT2D eigenvalue weighted by Gasteiger charge is 2.36. The van der Waals surface area contributed by atoms with Crippen molar-refractivity contribution in [2.75, 3.05) is 18.0 Å². The van der Waals surface area contributed by atoms with Crippen molar-refractivity contribution in [2.24, 2.45) is 0 Å². The molecule has 3 aromatic carbocycles. The molecule has 1 aliphatic heterocycles. The number of rotatable bonds is 7. The number of aryl methyl sites for hydroxylation is 1. The monoisotopic (exact) mass is 528 g/mol. The molecule has 0 aromatic heterocycles. The Kier molecular flexibility index (Phi) is 7.20. The van der Waals surface area contributed by atoms with Gasteiger partial charge in [0.05, 0.1) is 23.7 Å². The van der Waals surface area contributed by atoms with Crippen molar-refractivity contribution < 1.29 is 22.7 Å². The molecule has 9 heteroatoms. The number of fused-ring (bicyclic) bond motifs is 1. The van der Waals surface area contributed by atoms with E-state index in [1.807, 2.05) is 45.0 Å². The normalized spacial score (nSPS) is 16.4. The highest BCUT2D eigenvalue weighted by molar-refractivity contribution is 7.92. The van der Waals surface area contributed by atoms with E-state index >= 15 is 0 Å². The second kappa shape index (κ2) is 10.0. The number of anilines is 1. The van der Waals surface area contributed by atoms with Crippen LogP contribution in [0.1, 0.15) is 37.4 Å². The Balaban J connectivity index is 1.66. The fraction of sp³-hybridized carbons (Fsp3) is 0.296. The number of halogens is 1. The van der Waals surface area contributed by atoms with Crippen molar-refractivity contribution in [3.8, 4) is 11.5 Å². The summed E-state index contributed by atoms with van der Waals surface area (Å²) in [6, 6.07) is 18.1. The van der Waals surface area contributed by atoms with Crippen LogP contribution in [-0.4, -0.2) is 33.6 Å². The minimum absolute atomic E-state index is 0.0487. The first kappa shape index (κ1) is 25.9. The minimum atomic E-state index is -4.05. The highest BCUT2D eigenvalue weighted by atomic mass is 35.5. The molecule has 4 rings (SSSR count). The average Bonchev–Trinajstić information content (AvgIpc) is 2.82. The highest BCUT2D eigenvalue weighted by Crippen LogP contribution is 2.41. The van der Waals surface area contributed by atoms with Gasteiger partial charge in [-0.25, -0.2) is 8.42 Å². The van der Waals surface area contributed by atoms with E-state index in [0.717, 1.165) is 15.4 Å². The van der Waals surface area contributed by atoms with Gasteiger partial charge in [-0.05, 0) is 68.8 Å². The van der Waals surface area contributed by atoms with Crippen molar-refractivity contribution >= 4 is 33.2 Å². The van der Waals surface area contributed by atoms with Crippen LogP contribution in [0.4, 0.5) is 5.69 Å². The minimum Gasteiger partial charge on any atom is -0.497 e. The number of nitrogens with zero attached hydrogens (tertiary/aromatic N) is 1. The third kappa shape index (κ3) is 5.44. The molecule has 0 aliphatic carbocycles. The molecule has 1 unspecified atom stereocenters. The Morgan fingerprint density at radius 2 is 1.83 bits per heavy atom. The van der Waals surface area contributed by atoms with Gasteiger partial charge in [-0.2, -0.15) is 0 Å². The zero-order valence-electron chi connectivity index (χ0n) is 20.6. The molecule has 1 N–H and O–H groups in total. The number of nitrogens with one attached hydrogen (secondary N) is 1. The van der Waals surface area contributed by atoms with Gasteiger partial charge in [0.25, 0.3) is 10.0 Å². The van der Waals surface area contributed by atoms with E-state index in [9.17, 15) is 13.2 Å². The molecule has 0 spiro atoms. The maximum atomic E-state index is 13.7. The number of carbonyl (C=O) groups excluding carboxylic acids is 1. The van der Waals surface area contributed by atoms with Gasteiger partial charge in [0.1, 0.15) is 23.6 Å². The molecule has 36 heavy (non-hydrogen) atoms. The van der Waals surface area contributed by atoms with E-state index in [4.69, 9.17) is 21.1 Å². The molecule has 1 aliphatic rings. The number of carbonyl (C=O) groups is 1. The number of amides is 1. The maximum Gasteiger partial charge on any atom is 0.264 e. The Bertz CT molecular complexity index is 1370. The summed E-state index contributed by atoms with van der Waals surface area (Å²) in [7, 11) is -2.47. The molecule has 0 fully saturated rings.